The highest BCUT2D eigenvalue weighted by Crippen LogP contribution is 2.24. The predicted molar refractivity (Wildman–Crippen MR) is 134 cm³/mol. The molecule has 0 aromatic heterocycles. The maximum atomic E-state index is 6.21. The molecule has 0 saturated carbocycles. The van der Waals surface area contributed by atoms with Crippen molar-refractivity contribution in [2.75, 3.05) is 45.9 Å². The summed E-state index contributed by atoms with van der Waals surface area (Å²) in [6, 6.07) is 6.36. The predicted octanol–water partition coefficient (Wildman–Crippen LogP) is 3.57. The lowest BCUT2D eigenvalue weighted by molar-refractivity contribution is 0.140. The summed E-state index contributed by atoms with van der Waals surface area (Å²) in [4.78, 5) is 7.36. The number of rotatable bonds is 8. The normalized spacial score (nSPS) is 20.6. The SMILES string of the molecule is CCNC(=NCc1ccc(C)cc1OC1CCOC1)NCCN1CCC(C)CC1.I. The molecule has 2 N–H and O–H groups in total. The monoisotopic (exact) mass is 530 g/mol. The molecule has 2 aliphatic heterocycles. The van der Waals surface area contributed by atoms with E-state index >= 15 is 0 Å². The minimum Gasteiger partial charge on any atom is -0.488 e. The number of benzene rings is 1. The van der Waals surface area contributed by atoms with Crippen LogP contribution in [0.1, 0.15) is 44.2 Å². The number of hydrogen-bond acceptors (Lipinski definition) is 4. The second kappa shape index (κ2) is 13.4. The van der Waals surface area contributed by atoms with Crippen LogP contribution >= 0.6 is 24.0 Å². The molecular formula is C23H39IN4O2. The van der Waals surface area contributed by atoms with E-state index in [2.05, 4.69) is 54.5 Å². The van der Waals surface area contributed by atoms with E-state index in [4.69, 9.17) is 14.5 Å². The maximum absolute atomic E-state index is 6.21. The fourth-order valence-corrected chi connectivity index (χ4v) is 3.81. The largest absolute Gasteiger partial charge is 0.488 e. The van der Waals surface area contributed by atoms with Crippen LogP contribution in [0.4, 0.5) is 0 Å². The van der Waals surface area contributed by atoms with Gasteiger partial charge < -0.3 is 25.0 Å². The molecule has 2 heterocycles. The Morgan fingerprint density at radius 2 is 2.03 bits per heavy atom. The third-order valence-corrected chi connectivity index (χ3v) is 5.75. The van der Waals surface area contributed by atoms with Crippen molar-refractivity contribution in [2.45, 2.75) is 52.7 Å². The Labute approximate surface area is 199 Å². The minimum atomic E-state index is 0. The maximum Gasteiger partial charge on any atom is 0.191 e. The summed E-state index contributed by atoms with van der Waals surface area (Å²) in [6.07, 6.45) is 3.74. The molecule has 6 nitrogen and oxygen atoms in total. The van der Waals surface area contributed by atoms with Crippen LogP contribution in [0.25, 0.3) is 0 Å². The van der Waals surface area contributed by atoms with Gasteiger partial charge in [-0.3, -0.25) is 0 Å². The molecule has 7 heteroatoms. The van der Waals surface area contributed by atoms with Gasteiger partial charge in [-0.2, -0.15) is 0 Å². The van der Waals surface area contributed by atoms with E-state index in [0.717, 1.165) is 55.9 Å². The molecule has 0 amide bonds. The fraction of sp³-hybridized carbons (Fsp3) is 0.696. The molecule has 30 heavy (non-hydrogen) atoms. The molecule has 0 spiro atoms. The molecule has 2 fully saturated rings. The molecule has 0 bridgehead atoms. The van der Waals surface area contributed by atoms with Crippen molar-refractivity contribution < 1.29 is 9.47 Å². The smallest absolute Gasteiger partial charge is 0.191 e. The lowest BCUT2D eigenvalue weighted by Crippen LogP contribution is -2.43. The van der Waals surface area contributed by atoms with Crippen LogP contribution in [0.2, 0.25) is 0 Å². The van der Waals surface area contributed by atoms with Crippen LogP contribution in [0.15, 0.2) is 23.2 Å². The number of guanidine groups is 1. The second-order valence-corrected chi connectivity index (χ2v) is 8.36. The van der Waals surface area contributed by atoms with E-state index in [-0.39, 0.29) is 30.1 Å². The van der Waals surface area contributed by atoms with Crippen molar-refractivity contribution >= 4 is 29.9 Å². The van der Waals surface area contributed by atoms with Crippen LogP contribution in [0, 0.1) is 12.8 Å². The zero-order valence-electron chi connectivity index (χ0n) is 18.8. The van der Waals surface area contributed by atoms with E-state index in [9.17, 15) is 0 Å². The second-order valence-electron chi connectivity index (χ2n) is 8.36. The third-order valence-electron chi connectivity index (χ3n) is 5.75. The van der Waals surface area contributed by atoms with Gasteiger partial charge in [0.25, 0.3) is 0 Å². The molecule has 170 valence electrons. The summed E-state index contributed by atoms with van der Waals surface area (Å²) in [7, 11) is 0. The average Bonchev–Trinajstić information content (AvgIpc) is 3.22. The molecule has 0 radical (unpaired) electrons. The standard InChI is InChI=1S/C23H38N4O2.HI/c1-4-24-23(25-10-13-27-11-7-18(2)8-12-27)26-16-20-6-5-19(3)15-22(20)29-21-9-14-28-17-21;/h5-6,15,18,21H,4,7-14,16-17H2,1-3H3,(H2,24,25,26);1H. The molecule has 1 aromatic carbocycles. The molecule has 0 aliphatic carbocycles. The molecule has 1 atom stereocenters. The van der Waals surface area contributed by atoms with Gasteiger partial charge >= 0.3 is 0 Å². The number of halogens is 1. The molecule has 2 aliphatic rings. The van der Waals surface area contributed by atoms with Crippen LogP contribution in [0.3, 0.4) is 0 Å². The van der Waals surface area contributed by atoms with E-state index < -0.39 is 0 Å². The number of ether oxygens (including phenoxy) is 2. The van der Waals surface area contributed by atoms with Crippen molar-refractivity contribution in [1.29, 1.82) is 0 Å². The molecule has 1 aromatic rings. The highest BCUT2D eigenvalue weighted by Gasteiger charge is 2.19. The number of aryl methyl sites for hydroxylation is 1. The molecule has 3 rings (SSSR count). The Morgan fingerprint density at radius 1 is 1.23 bits per heavy atom. The van der Waals surface area contributed by atoms with Crippen molar-refractivity contribution in [3.8, 4) is 5.75 Å². The number of nitrogens with zero attached hydrogens (tertiary/aromatic N) is 2. The number of nitrogens with one attached hydrogen (secondary N) is 2. The van der Waals surface area contributed by atoms with Crippen molar-refractivity contribution in [3.05, 3.63) is 29.3 Å². The van der Waals surface area contributed by atoms with Crippen LogP contribution < -0.4 is 15.4 Å². The lowest BCUT2D eigenvalue weighted by Gasteiger charge is -2.30. The molecular weight excluding hydrogens is 491 g/mol. The van der Waals surface area contributed by atoms with E-state index in [1.165, 1.54) is 31.5 Å². The van der Waals surface area contributed by atoms with Gasteiger partial charge in [-0.25, -0.2) is 4.99 Å². The Balaban J connectivity index is 0.00000320. The minimum absolute atomic E-state index is 0. The topological polar surface area (TPSA) is 58.1 Å². The van der Waals surface area contributed by atoms with Gasteiger partial charge in [-0.1, -0.05) is 19.1 Å². The Bertz CT molecular complexity index is 657. The molecule has 2 saturated heterocycles. The van der Waals surface area contributed by atoms with E-state index in [1.54, 1.807) is 0 Å². The number of aliphatic imine (C=N–C) groups is 1. The summed E-state index contributed by atoms with van der Waals surface area (Å²) in [5, 5.41) is 6.85. The Hall–Kier alpha value is -1.06. The third kappa shape index (κ3) is 8.23. The number of piperidine rings is 1. The zero-order chi connectivity index (χ0) is 20.5. The summed E-state index contributed by atoms with van der Waals surface area (Å²) in [6.45, 7) is 13.9. The Kier molecular flexibility index (Phi) is 11.2. The Morgan fingerprint density at radius 3 is 2.73 bits per heavy atom. The van der Waals surface area contributed by atoms with Gasteiger partial charge in [0.15, 0.2) is 5.96 Å². The lowest BCUT2D eigenvalue weighted by atomic mass is 9.99. The van der Waals surface area contributed by atoms with Crippen LogP contribution in [0.5, 0.6) is 5.75 Å². The first-order valence-electron chi connectivity index (χ1n) is 11.2. The van der Waals surface area contributed by atoms with Gasteiger partial charge in [0.2, 0.25) is 0 Å². The van der Waals surface area contributed by atoms with Gasteiger partial charge in [-0.15, -0.1) is 24.0 Å². The van der Waals surface area contributed by atoms with Crippen LogP contribution in [-0.4, -0.2) is 62.9 Å². The quantitative estimate of drug-likeness (QED) is 0.306. The van der Waals surface area contributed by atoms with E-state index in [1.807, 2.05) is 0 Å². The van der Waals surface area contributed by atoms with Crippen LogP contribution in [-0.2, 0) is 11.3 Å². The molecule has 1 unspecified atom stereocenters. The van der Waals surface area contributed by atoms with E-state index in [0.29, 0.717) is 13.2 Å². The number of likely N-dealkylation sites (tertiary alicyclic amines) is 1. The first-order chi connectivity index (χ1) is 14.1. The van der Waals surface area contributed by atoms with Gasteiger partial charge in [0, 0.05) is 31.6 Å². The highest BCUT2D eigenvalue weighted by atomic mass is 127. The fourth-order valence-electron chi connectivity index (χ4n) is 3.81. The summed E-state index contributed by atoms with van der Waals surface area (Å²) >= 11 is 0. The number of hydrogen-bond donors (Lipinski definition) is 2. The summed E-state index contributed by atoms with van der Waals surface area (Å²) < 4.78 is 11.7. The first kappa shape index (κ1) is 25.2. The highest BCUT2D eigenvalue weighted by molar-refractivity contribution is 14.0. The van der Waals surface area contributed by atoms with Crippen molar-refractivity contribution in [2.24, 2.45) is 10.9 Å². The zero-order valence-corrected chi connectivity index (χ0v) is 21.1. The van der Waals surface area contributed by atoms with Crippen molar-refractivity contribution in [3.63, 3.8) is 0 Å². The first-order valence-corrected chi connectivity index (χ1v) is 11.2. The average molecular weight is 530 g/mol. The van der Waals surface area contributed by atoms with Crippen molar-refractivity contribution in [1.82, 2.24) is 15.5 Å². The van der Waals surface area contributed by atoms with Gasteiger partial charge in [0.1, 0.15) is 11.9 Å². The summed E-state index contributed by atoms with van der Waals surface area (Å²) in [5.74, 6) is 2.68. The van der Waals surface area contributed by atoms with Gasteiger partial charge in [0.05, 0.1) is 19.8 Å². The summed E-state index contributed by atoms with van der Waals surface area (Å²) in [5.41, 5.74) is 2.32. The van der Waals surface area contributed by atoms with Gasteiger partial charge in [-0.05, 0) is 57.3 Å².